The Morgan fingerprint density at radius 2 is 2.21 bits per heavy atom. The maximum absolute atomic E-state index is 11.7. The number of carboxylic acids is 1. The van der Waals surface area contributed by atoms with Crippen LogP contribution in [0.4, 0.5) is 5.82 Å². The van der Waals surface area contributed by atoms with Crippen LogP contribution in [0.5, 0.6) is 0 Å². The fourth-order valence-electron chi connectivity index (χ4n) is 1.22. The molecular weight excluding hydrogens is 272 g/mol. The molecule has 2 N–H and O–H groups in total. The SMILES string of the molecule is CC(C)OCCS(=O)(=O)Nc1cc(C(=O)O)ccn1. The molecule has 19 heavy (non-hydrogen) atoms. The molecule has 0 radical (unpaired) electrons. The third-order valence-electron chi connectivity index (χ3n) is 2.07. The van der Waals surface area contributed by atoms with Crippen LogP contribution in [0.3, 0.4) is 0 Å². The number of hydrogen-bond donors (Lipinski definition) is 2. The van der Waals surface area contributed by atoms with Crippen LogP contribution in [0.15, 0.2) is 18.3 Å². The van der Waals surface area contributed by atoms with Gasteiger partial charge in [0, 0.05) is 6.20 Å². The summed E-state index contributed by atoms with van der Waals surface area (Å²) in [7, 11) is -3.60. The van der Waals surface area contributed by atoms with Crippen LogP contribution in [0.2, 0.25) is 0 Å². The van der Waals surface area contributed by atoms with Crippen LogP contribution in [-0.4, -0.2) is 42.9 Å². The van der Waals surface area contributed by atoms with E-state index in [1.165, 1.54) is 12.3 Å². The second-order valence-corrected chi connectivity index (χ2v) is 5.92. The highest BCUT2D eigenvalue weighted by atomic mass is 32.2. The Morgan fingerprint density at radius 3 is 2.79 bits per heavy atom. The van der Waals surface area contributed by atoms with Gasteiger partial charge in [0.2, 0.25) is 10.0 Å². The van der Waals surface area contributed by atoms with Gasteiger partial charge in [-0.2, -0.15) is 0 Å². The van der Waals surface area contributed by atoms with Crippen LogP contribution < -0.4 is 4.72 Å². The van der Waals surface area contributed by atoms with Gasteiger partial charge < -0.3 is 9.84 Å². The summed E-state index contributed by atoms with van der Waals surface area (Å²) < 4.78 is 30.7. The lowest BCUT2D eigenvalue weighted by atomic mass is 10.3. The number of ether oxygens (including phenoxy) is 1. The lowest BCUT2D eigenvalue weighted by Gasteiger charge is -2.09. The average molecular weight is 288 g/mol. The number of hydrogen-bond acceptors (Lipinski definition) is 5. The summed E-state index contributed by atoms with van der Waals surface area (Å²) in [6, 6.07) is 2.44. The third-order valence-corrected chi connectivity index (χ3v) is 3.29. The highest BCUT2D eigenvalue weighted by Gasteiger charge is 2.13. The molecule has 0 aromatic carbocycles. The number of nitrogens with one attached hydrogen (secondary N) is 1. The first kappa shape index (κ1) is 15.4. The minimum Gasteiger partial charge on any atom is -0.478 e. The second-order valence-electron chi connectivity index (χ2n) is 4.08. The molecule has 0 aliphatic carbocycles. The van der Waals surface area contributed by atoms with Gasteiger partial charge in [-0.05, 0) is 26.0 Å². The molecule has 0 aliphatic rings. The van der Waals surface area contributed by atoms with Crippen LogP contribution in [-0.2, 0) is 14.8 Å². The summed E-state index contributed by atoms with van der Waals surface area (Å²) in [5.41, 5.74) is -0.0360. The molecule has 1 rings (SSSR count). The van der Waals surface area contributed by atoms with Gasteiger partial charge in [0.1, 0.15) is 5.82 Å². The number of nitrogens with zero attached hydrogens (tertiary/aromatic N) is 1. The van der Waals surface area contributed by atoms with Crippen molar-refractivity contribution in [3.63, 3.8) is 0 Å². The molecule has 0 spiro atoms. The van der Waals surface area contributed by atoms with Gasteiger partial charge in [-0.15, -0.1) is 0 Å². The van der Waals surface area contributed by atoms with E-state index in [9.17, 15) is 13.2 Å². The van der Waals surface area contributed by atoms with Crippen molar-refractivity contribution in [2.24, 2.45) is 0 Å². The Bertz CT molecular complexity index is 542. The maximum atomic E-state index is 11.7. The molecule has 8 heteroatoms. The van der Waals surface area contributed by atoms with Gasteiger partial charge in [-0.3, -0.25) is 4.72 Å². The number of pyridine rings is 1. The van der Waals surface area contributed by atoms with E-state index in [1.807, 2.05) is 0 Å². The zero-order chi connectivity index (χ0) is 14.5. The van der Waals surface area contributed by atoms with Crippen molar-refractivity contribution in [3.05, 3.63) is 23.9 Å². The van der Waals surface area contributed by atoms with Crippen LogP contribution >= 0.6 is 0 Å². The molecule has 1 aromatic rings. The Kier molecular flexibility index (Phi) is 5.25. The van der Waals surface area contributed by atoms with Crippen molar-refractivity contribution in [2.75, 3.05) is 17.1 Å². The number of carboxylic acid groups (broad SMARTS) is 1. The molecule has 0 saturated heterocycles. The zero-order valence-electron chi connectivity index (χ0n) is 10.7. The van der Waals surface area contributed by atoms with Crippen LogP contribution in [0.25, 0.3) is 0 Å². The fraction of sp³-hybridized carbons (Fsp3) is 0.455. The van der Waals surface area contributed by atoms with Gasteiger partial charge in [-0.25, -0.2) is 18.2 Å². The van der Waals surface area contributed by atoms with Gasteiger partial charge in [0.05, 0.1) is 24.0 Å². The Morgan fingerprint density at radius 1 is 1.53 bits per heavy atom. The maximum Gasteiger partial charge on any atom is 0.335 e. The smallest absolute Gasteiger partial charge is 0.335 e. The minimum absolute atomic E-state index is 0.0237. The molecule has 0 bridgehead atoms. The molecular formula is C11H16N2O5S. The summed E-state index contributed by atoms with van der Waals surface area (Å²) in [6.45, 7) is 3.67. The number of rotatable bonds is 7. The Balaban J connectivity index is 2.67. The van der Waals surface area contributed by atoms with E-state index in [4.69, 9.17) is 9.84 Å². The van der Waals surface area contributed by atoms with Gasteiger partial charge in [0.25, 0.3) is 0 Å². The molecule has 0 atom stereocenters. The Labute approximate surface area is 111 Å². The van der Waals surface area contributed by atoms with Crippen molar-refractivity contribution >= 4 is 21.8 Å². The van der Waals surface area contributed by atoms with Crippen molar-refractivity contribution in [2.45, 2.75) is 20.0 Å². The predicted molar refractivity (Wildman–Crippen MR) is 69.7 cm³/mol. The van der Waals surface area contributed by atoms with E-state index in [-0.39, 0.29) is 29.8 Å². The molecule has 1 heterocycles. The topological polar surface area (TPSA) is 106 Å². The second kappa shape index (κ2) is 6.48. The van der Waals surface area contributed by atoms with Crippen molar-refractivity contribution in [1.29, 1.82) is 0 Å². The molecule has 1 aromatic heterocycles. The lowest BCUT2D eigenvalue weighted by molar-refractivity contribution is 0.0696. The summed E-state index contributed by atoms with van der Waals surface area (Å²) in [5, 5.41) is 8.79. The van der Waals surface area contributed by atoms with E-state index in [2.05, 4.69) is 9.71 Å². The highest BCUT2D eigenvalue weighted by Crippen LogP contribution is 2.09. The monoisotopic (exact) mass is 288 g/mol. The number of anilines is 1. The first-order valence-corrected chi connectivity index (χ1v) is 7.27. The predicted octanol–water partition coefficient (Wildman–Crippen LogP) is 0.946. The van der Waals surface area contributed by atoms with Crippen LogP contribution in [0, 0.1) is 0 Å². The number of aromatic carboxylic acids is 1. The quantitative estimate of drug-likeness (QED) is 0.773. The van der Waals surface area contributed by atoms with Gasteiger partial charge in [0.15, 0.2) is 0 Å². The van der Waals surface area contributed by atoms with E-state index >= 15 is 0 Å². The summed E-state index contributed by atoms with van der Waals surface area (Å²) in [4.78, 5) is 14.5. The van der Waals surface area contributed by atoms with E-state index in [0.29, 0.717) is 0 Å². The minimum atomic E-state index is -3.60. The van der Waals surface area contributed by atoms with Gasteiger partial charge in [-0.1, -0.05) is 0 Å². The van der Waals surface area contributed by atoms with Crippen LogP contribution in [0.1, 0.15) is 24.2 Å². The Hall–Kier alpha value is -1.67. The molecule has 0 unspecified atom stereocenters. The molecule has 7 nitrogen and oxygen atoms in total. The van der Waals surface area contributed by atoms with E-state index < -0.39 is 16.0 Å². The zero-order valence-corrected chi connectivity index (χ0v) is 11.5. The lowest BCUT2D eigenvalue weighted by Crippen LogP contribution is -2.22. The molecule has 106 valence electrons. The first-order chi connectivity index (χ1) is 8.80. The van der Waals surface area contributed by atoms with Crippen molar-refractivity contribution in [3.8, 4) is 0 Å². The average Bonchev–Trinajstić information content (AvgIpc) is 2.27. The van der Waals surface area contributed by atoms with E-state index in [1.54, 1.807) is 13.8 Å². The summed E-state index contributed by atoms with van der Waals surface area (Å²) in [6.07, 6.45) is 1.18. The third kappa shape index (κ3) is 5.66. The first-order valence-electron chi connectivity index (χ1n) is 5.61. The summed E-state index contributed by atoms with van der Waals surface area (Å²) in [5.74, 6) is -1.39. The van der Waals surface area contributed by atoms with Crippen molar-refractivity contribution < 1.29 is 23.1 Å². The standard InChI is InChI=1S/C11H16N2O5S/c1-8(2)18-5-6-19(16,17)13-10-7-9(11(14)15)3-4-12-10/h3-4,7-8H,5-6H2,1-2H3,(H,12,13)(H,14,15). The number of carbonyl (C=O) groups is 1. The number of aromatic nitrogens is 1. The highest BCUT2D eigenvalue weighted by molar-refractivity contribution is 7.92. The normalized spacial score (nSPS) is 11.5. The molecule has 0 fully saturated rings. The summed E-state index contributed by atoms with van der Waals surface area (Å²) >= 11 is 0. The van der Waals surface area contributed by atoms with E-state index in [0.717, 1.165) is 6.07 Å². The van der Waals surface area contributed by atoms with Crippen molar-refractivity contribution in [1.82, 2.24) is 4.98 Å². The number of sulfonamides is 1. The fourth-order valence-corrected chi connectivity index (χ4v) is 2.07. The molecule has 0 amide bonds. The van der Waals surface area contributed by atoms with Gasteiger partial charge >= 0.3 is 5.97 Å². The largest absolute Gasteiger partial charge is 0.478 e. The molecule has 0 aliphatic heterocycles. The molecule has 0 saturated carbocycles.